The SMILES string of the molecule is CC[C@@H](OC(=O)c1ccc(Cl)cc1[N+](=O)[O-])C(=O)Nc1cc(C)on1. The molecule has 0 unspecified atom stereocenters. The van der Waals surface area contributed by atoms with Crippen molar-refractivity contribution in [3.63, 3.8) is 0 Å². The van der Waals surface area contributed by atoms with Crippen LogP contribution in [0.3, 0.4) is 0 Å². The molecule has 1 atom stereocenters. The van der Waals surface area contributed by atoms with Crippen LogP contribution in [-0.2, 0) is 9.53 Å². The number of anilines is 1. The number of esters is 1. The molecule has 1 aromatic heterocycles. The van der Waals surface area contributed by atoms with Crippen molar-refractivity contribution in [2.24, 2.45) is 0 Å². The molecule has 10 heteroatoms. The predicted molar refractivity (Wildman–Crippen MR) is 87.5 cm³/mol. The van der Waals surface area contributed by atoms with E-state index in [0.29, 0.717) is 5.76 Å². The van der Waals surface area contributed by atoms with E-state index in [1.807, 2.05) is 0 Å². The summed E-state index contributed by atoms with van der Waals surface area (Å²) in [5.74, 6) is -0.950. The molecule has 0 aliphatic heterocycles. The first-order valence-corrected chi connectivity index (χ1v) is 7.58. The Labute approximate surface area is 147 Å². The summed E-state index contributed by atoms with van der Waals surface area (Å²) >= 11 is 5.70. The van der Waals surface area contributed by atoms with Gasteiger partial charge in [0, 0.05) is 17.2 Å². The second-order valence-corrected chi connectivity index (χ2v) is 5.47. The quantitative estimate of drug-likeness (QED) is 0.472. The molecule has 2 rings (SSSR count). The Morgan fingerprint density at radius 2 is 2.16 bits per heavy atom. The molecule has 1 N–H and O–H groups in total. The smallest absolute Gasteiger partial charge is 0.345 e. The highest BCUT2D eigenvalue weighted by Gasteiger charge is 2.27. The summed E-state index contributed by atoms with van der Waals surface area (Å²) in [6.07, 6.45) is -0.990. The third-order valence-corrected chi connectivity index (χ3v) is 3.40. The van der Waals surface area contributed by atoms with E-state index in [1.54, 1.807) is 13.8 Å². The molecule has 0 fully saturated rings. The molecule has 0 bridgehead atoms. The molecular weight excluding hydrogens is 354 g/mol. The molecule has 0 radical (unpaired) electrons. The number of aryl methyl sites for hydroxylation is 1. The third kappa shape index (κ3) is 4.54. The molecule has 25 heavy (non-hydrogen) atoms. The number of benzene rings is 1. The summed E-state index contributed by atoms with van der Waals surface area (Å²) in [6, 6.07) is 5.03. The van der Waals surface area contributed by atoms with Gasteiger partial charge in [-0.1, -0.05) is 23.7 Å². The summed E-state index contributed by atoms with van der Waals surface area (Å²) in [5.41, 5.74) is -0.794. The van der Waals surface area contributed by atoms with E-state index in [2.05, 4.69) is 10.5 Å². The van der Waals surface area contributed by atoms with Gasteiger partial charge in [0.05, 0.1) is 4.92 Å². The van der Waals surface area contributed by atoms with E-state index in [9.17, 15) is 19.7 Å². The van der Waals surface area contributed by atoms with Crippen molar-refractivity contribution in [2.75, 3.05) is 5.32 Å². The van der Waals surface area contributed by atoms with Crippen LogP contribution >= 0.6 is 11.6 Å². The van der Waals surface area contributed by atoms with Crippen LogP contribution in [0.15, 0.2) is 28.8 Å². The van der Waals surface area contributed by atoms with Crippen LogP contribution in [0, 0.1) is 17.0 Å². The van der Waals surface area contributed by atoms with Crippen LogP contribution in [-0.4, -0.2) is 28.1 Å². The van der Waals surface area contributed by atoms with Gasteiger partial charge >= 0.3 is 5.97 Å². The van der Waals surface area contributed by atoms with Crippen molar-refractivity contribution in [1.82, 2.24) is 5.16 Å². The molecule has 0 aliphatic carbocycles. The number of carbonyl (C=O) groups is 2. The van der Waals surface area contributed by atoms with Gasteiger partial charge in [-0.3, -0.25) is 14.9 Å². The number of amides is 1. The van der Waals surface area contributed by atoms with Crippen LogP contribution < -0.4 is 5.32 Å². The van der Waals surface area contributed by atoms with Gasteiger partial charge in [-0.05, 0) is 25.5 Å². The molecule has 0 saturated carbocycles. The Bertz CT molecular complexity index is 819. The molecule has 1 heterocycles. The number of halogens is 1. The van der Waals surface area contributed by atoms with Crippen LogP contribution in [0.5, 0.6) is 0 Å². The van der Waals surface area contributed by atoms with Gasteiger partial charge < -0.3 is 14.6 Å². The third-order valence-electron chi connectivity index (χ3n) is 3.17. The number of hydrogen-bond donors (Lipinski definition) is 1. The van der Waals surface area contributed by atoms with Crippen molar-refractivity contribution in [2.45, 2.75) is 26.4 Å². The number of hydrogen-bond acceptors (Lipinski definition) is 7. The van der Waals surface area contributed by atoms with Crippen LogP contribution in [0.25, 0.3) is 0 Å². The second kappa shape index (κ2) is 7.75. The topological polar surface area (TPSA) is 125 Å². The summed E-state index contributed by atoms with van der Waals surface area (Å²) < 4.78 is 9.92. The first-order chi connectivity index (χ1) is 11.8. The normalized spacial score (nSPS) is 11.6. The van der Waals surface area contributed by atoms with Crippen molar-refractivity contribution < 1.29 is 23.8 Å². The maximum absolute atomic E-state index is 12.2. The summed E-state index contributed by atoms with van der Waals surface area (Å²) in [6.45, 7) is 3.28. The first kappa shape index (κ1) is 18.4. The fourth-order valence-corrected chi connectivity index (χ4v) is 2.14. The summed E-state index contributed by atoms with van der Waals surface area (Å²) in [4.78, 5) is 34.7. The average Bonchev–Trinajstić information content (AvgIpc) is 2.96. The van der Waals surface area contributed by atoms with Gasteiger partial charge in [0.15, 0.2) is 11.9 Å². The summed E-state index contributed by atoms with van der Waals surface area (Å²) in [5, 5.41) is 17.2. The maximum Gasteiger partial charge on any atom is 0.345 e. The van der Waals surface area contributed by atoms with E-state index in [1.165, 1.54) is 18.2 Å². The standard InChI is InChI=1S/C15H14ClN3O6/c1-3-12(14(20)17-13-6-8(2)25-18-13)24-15(21)10-5-4-9(16)7-11(10)19(22)23/h4-7,12H,3H2,1-2H3,(H,17,18,20)/t12-/m1/s1. The lowest BCUT2D eigenvalue weighted by molar-refractivity contribution is -0.385. The molecule has 0 saturated heterocycles. The van der Waals surface area contributed by atoms with Gasteiger partial charge in [-0.25, -0.2) is 4.79 Å². The monoisotopic (exact) mass is 367 g/mol. The molecule has 9 nitrogen and oxygen atoms in total. The average molecular weight is 368 g/mol. The summed E-state index contributed by atoms with van der Waals surface area (Å²) in [7, 11) is 0. The maximum atomic E-state index is 12.2. The minimum atomic E-state index is -1.15. The van der Waals surface area contributed by atoms with E-state index in [0.717, 1.165) is 6.07 Å². The van der Waals surface area contributed by atoms with E-state index in [-0.39, 0.29) is 22.8 Å². The number of nitrogens with one attached hydrogen (secondary N) is 1. The van der Waals surface area contributed by atoms with E-state index >= 15 is 0 Å². The Morgan fingerprint density at radius 3 is 2.72 bits per heavy atom. The second-order valence-electron chi connectivity index (χ2n) is 5.03. The molecule has 0 spiro atoms. The minimum Gasteiger partial charge on any atom is -0.448 e. The Hall–Kier alpha value is -2.94. The lowest BCUT2D eigenvalue weighted by Gasteiger charge is -2.15. The fourth-order valence-electron chi connectivity index (χ4n) is 1.98. The van der Waals surface area contributed by atoms with Crippen LogP contribution in [0.4, 0.5) is 11.5 Å². The molecular formula is C15H14ClN3O6. The van der Waals surface area contributed by atoms with Crippen LogP contribution in [0.1, 0.15) is 29.5 Å². The van der Waals surface area contributed by atoms with Crippen molar-refractivity contribution in [3.05, 3.63) is 50.7 Å². The molecule has 132 valence electrons. The number of nitrogens with zero attached hydrogens (tertiary/aromatic N) is 2. The van der Waals surface area contributed by atoms with Crippen LogP contribution in [0.2, 0.25) is 5.02 Å². The Balaban J connectivity index is 2.14. The Morgan fingerprint density at radius 1 is 1.44 bits per heavy atom. The highest BCUT2D eigenvalue weighted by atomic mass is 35.5. The van der Waals surface area contributed by atoms with E-state index in [4.69, 9.17) is 20.9 Å². The lowest BCUT2D eigenvalue weighted by atomic mass is 10.1. The number of ether oxygens (including phenoxy) is 1. The molecule has 1 aromatic carbocycles. The zero-order valence-electron chi connectivity index (χ0n) is 13.3. The highest BCUT2D eigenvalue weighted by molar-refractivity contribution is 6.31. The van der Waals surface area contributed by atoms with Gasteiger partial charge in [0.2, 0.25) is 0 Å². The zero-order chi connectivity index (χ0) is 18.6. The van der Waals surface area contributed by atoms with Gasteiger partial charge in [-0.15, -0.1) is 0 Å². The first-order valence-electron chi connectivity index (χ1n) is 7.21. The number of aromatic nitrogens is 1. The minimum absolute atomic E-state index is 0.106. The van der Waals surface area contributed by atoms with E-state index < -0.39 is 28.6 Å². The predicted octanol–water partition coefficient (Wildman–Crippen LogP) is 3.12. The highest BCUT2D eigenvalue weighted by Crippen LogP contribution is 2.24. The number of nitro groups is 1. The zero-order valence-corrected chi connectivity index (χ0v) is 14.1. The largest absolute Gasteiger partial charge is 0.448 e. The molecule has 0 aliphatic rings. The van der Waals surface area contributed by atoms with Gasteiger partial charge in [0.25, 0.3) is 11.6 Å². The lowest BCUT2D eigenvalue weighted by Crippen LogP contribution is -2.32. The number of nitro benzene ring substituents is 1. The number of carbonyl (C=O) groups excluding carboxylic acids is 2. The Kier molecular flexibility index (Phi) is 5.71. The van der Waals surface area contributed by atoms with Crippen molar-refractivity contribution in [1.29, 1.82) is 0 Å². The van der Waals surface area contributed by atoms with Crippen molar-refractivity contribution >= 4 is 35.0 Å². The number of rotatable bonds is 6. The van der Waals surface area contributed by atoms with Gasteiger partial charge in [-0.2, -0.15) is 0 Å². The molecule has 2 aromatic rings. The fraction of sp³-hybridized carbons (Fsp3) is 0.267. The molecule has 1 amide bonds. The van der Waals surface area contributed by atoms with Gasteiger partial charge in [0.1, 0.15) is 11.3 Å². The van der Waals surface area contributed by atoms with Crippen molar-refractivity contribution in [3.8, 4) is 0 Å².